The summed E-state index contributed by atoms with van der Waals surface area (Å²) in [5, 5.41) is 1.18. The van der Waals surface area contributed by atoms with Crippen LogP contribution >= 0.6 is 0 Å². The molecule has 2 aromatic rings. The van der Waals surface area contributed by atoms with E-state index in [2.05, 4.69) is 33.8 Å². The first kappa shape index (κ1) is 13.2. The van der Waals surface area contributed by atoms with Crippen molar-refractivity contribution in [1.82, 2.24) is 0 Å². The van der Waals surface area contributed by atoms with Crippen molar-refractivity contribution in [2.75, 3.05) is 0 Å². The number of nitrogens with two attached hydrogens (primary N) is 1. The normalized spacial score (nSPS) is 15.2. The number of hydrogen-bond acceptors (Lipinski definition) is 2. The molecule has 0 spiro atoms. The summed E-state index contributed by atoms with van der Waals surface area (Å²) >= 11 is 0. The smallest absolute Gasteiger partial charge is 0.134 e. The lowest BCUT2D eigenvalue weighted by atomic mass is 9.85. The van der Waals surface area contributed by atoms with Crippen molar-refractivity contribution in [3.63, 3.8) is 0 Å². The molecule has 1 aromatic carbocycles. The highest BCUT2D eigenvalue weighted by Crippen LogP contribution is 2.35. The molecule has 2 unspecified atom stereocenters. The molecular weight excluding hydrogens is 222 g/mol. The Morgan fingerprint density at radius 2 is 1.83 bits per heavy atom. The van der Waals surface area contributed by atoms with E-state index in [0.29, 0.717) is 11.8 Å². The van der Waals surface area contributed by atoms with E-state index in [9.17, 15) is 0 Å². The lowest BCUT2D eigenvalue weighted by Crippen LogP contribution is -2.23. The molecule has 0 saturated heterocycles. The number of fused-ring (bicyclic) bond motifs is 1. The van der Waals surface area contributed by atoms with Crippen molar-refractivity contribution in [3.8, 4) is 0 Å². The monoisotopic (exact) mass is 245 g/mol. The predicted octanol–water partition coefficient (Wildman–Crippen LogP) is 4.29. The average Bonchev–Trinajstić information content (AvgIpc) is 2.75. The zero-order chi connectivity index (χ0) is 13.3. The van der Waals surface area contributed by atoms with Crippen molar-refractivity contribution < 1.29 is 4.42 Å². The third kappa shape index (κ3) is 2.17. The Kier molecular flexibility index (Phi) is 3.76. The molecule has 2 nitrogen and oxygen atoms in total. The second kappa shape index (κ2) is 5.15. The SMILES string of the molecule is CCc1oc2ccccc2c1C(N)C(C)C(C)C. The minimum Gasteiger partial charge on any atom is -0.461 e. The van der Waals surface area contributed by atoms with E-state index in [-0.39, 0.29) is 6.04 Å². The van der Waals surface area contributed by atoms with Crippen LogP contribution in [0.1, 0.15) is 45.1 Å². The van der Waals surface area contributed by atoms with Crippen LogP contribution in [0.5, 0.6) is 0 Å². The molecule has 2 N–H and O–H groups in total. The van der Waals surface area contributed by atoms with Crippen LogP contribution in [-0.4, -0.2) is 0 Å². The highest BCUT2D eigenvalue weighted by atomic mass is 16.3. The fraction of sp³-hybridized carbons (Fsp3) is 0.500. The fourth-order valence-electron chi connectivity index (χ4n) is 2.42. The summed E-state index contributed by atoms with van der Waals surface area (Å²) in [4.78, 5) is 0. The zero-order valence-electron chi connectivity index (χ0n) is 11.7. The Hall–Kier alpha value is -1.28. The molecule has 0 radical (unpaired) electrons. The highest BCUT2D eigenvalue weighted by molar-refractivity contribution is 5.82. The Balaban J connectivity index is 2.54. The van der Waals surface area contributed by atoms with Crippen LogP contribution in [0.15, 0.2) is 28.7 Å². The predicted molar refractivity (Wildman–Crippen MR) is 76.5 cm³/mol. The lowest BCUT2D eigenvalue weighted by Gasteiger charge is -2.23. The molecule has 0 aliphatic carbocycles. The van der Waals surface area contributed by atoms with Gasteiger partial charge in [-0.1, -0.05) is 45.9 Å². The third-order valence-electron chi connectivity index (χ3n) is 3.98. The molecule has 0 bridgehead atoms. The van der Waals surface area contributed by atoms with Crippen LogP contribution in [-0.2, 0) is 6.42 Å². The van der Waals surface area contributed by atoms with Crippen LogP contribution in [0.3, 0.4) is 0 Å². The molecule has 18 heavy (non-hydrogen) atoms. The Morgan fingerprint density at radius 1 is 1.17 bits per heavy atom. The second-order valence-electron chi connectivity index (χ2n) is 5.42. The standard InChI is InChI=1S/C16H23NO/c1-5-13-15(16(17)11(4)10(2)3)12-8-6-7-9-14(12)18-13/h6-11,16H,5,17H2,1-4H3. The minimum absolute atomic E-state index is 0.0450. The van der Waals surface area contributed by atoms with E-state index in [4.69, 9.17) is 10.2 Å². The van der Waals surface area contributed by atoms with Crippen LogP contribution < -0.4 is 5.73 Å². The Morgan fingerprint density at radius 3 is 2.44 bits per heavy atom. The lowest BCUT2D eigenvalue weighted by molar-refractivity contribution is 0.349. The van der Waals surface area contributed by atoms with Crippen molar-refractivity contribution >= 4 is 11.0 Å². The fourth-order valence-corrected chi connectivity index (χ4v) is 2.42. The summed E-state index contributed by atoms with van der Waals surface area (Å²) in [6.45, 7) is 8.78. The summed E-state index contributed by atoms with van der Waals surface area (Å²) in [7, 11) is 0. The van der Waals surface area contributed by atoms with E-state index in [1.165, 1.54) is 10.9 Å². The van der Waals surface area contributed by atoms with Gasteiger partial charge in [0.1, 0.15) is 11.3 Å². The van der Waals surface area contributed by atoms with E-state index >= 15 is 0 Å². The van der Waals surface area contributed by atoms with Crippen molar-refractivity contribution in [1.29, 1.82) is 0 Å². The highest BCUT2D eigenvalue weighted by Gasteiger charge is 2.24. The van der Waals surface area contributed by atoms with Gasteiger partial charge in [-0.15, -0.1) is 0 Å². The summed E-state index contributed by atoms with van der Waals surface area (Å²) in [6, 6.07) is 8.23. The van der Waals surface area contributed by atoms with Gasteiger partial charge in [-0.05, 0) is 17.9 Å². The topological polar surface area (TPSA) is 39.2 Å². The maximum absolute atomic E-state index is 6.47. The van der Waals surface area contributed by atoms with E-state index in [0.717, 1.165) is 17.8 Å². The molecular formula is C16H23NO. The molecule has 2 atom stereocenters. The van der Waals surface area contributed by atoms with Gasteiger partial charge in [0.15, 0.2) is 0 Å². The van der Waals surface area contributed by atoms with E-state index in [1.807, 2.05) is 18.2 Å². The van der Waals surface area contributed by atoms with Gasteiger partial charge >= 0.3 is 0 Å². The largest absolute Gasteiger partial charge is 0.461 e. The molecule has 0 fully saturated rings. The summed E-state index contributed by atoms with van der Waals surface area (Å²) in [6.07, 6.45) is 0.891. The maximum atomic E-state index is 6.47. The maximum Gasteiger partial charge on any atom is 0.134 e. The average molecular weight is 245 g/mol. The number of rotatable bonds is 4. The number of hydrogen-bond donors (Lipinski definition) is 1. The number of furan rings is 1. The molecule has 2 heteroatoms. The van der Waals surface area contributed by atoms with Gasteiger partial charge in [0.25, 0.3) is 0 Å². The summed E-state index contributed by atoms with van der Waals surface area (Å²) in [5.41, 5.74) is 8.62. The van der Waals surface area contributed by atoms with Gasteiger partial charge in [0.2, 0.25) is 0 Å². The zero-order valence-corrected chi connectivity index (χ0v) is 11.7. The molecule has 2 rings (SSSR count). The van der Waals surface area contributed by atoms with Gasteiger partial charge < -0.3 is 10.2 Å². The van der Waals surface area contributed by atoms with Crippen molar-refractivity contribution in [3.05, 3.63) is 35.6 Å². The van der Waals surface area contributed by atoms with Crippen LogP contribution in [0.25, 0.3) is 11.0 Å². The van der Waals surface area contributed by atoms with E-state index < -0.39 is 0 Å². The van der Waals surface area contributed by atoms with Gasteiger partial charge in [-0.2, -0.15) is 0 Å². The first-order valence-electron chi connectivity index (χ1n) is 6.82. The summed E-state index contributed by atoms with van der Waals surface area (Å²) < 4.78 is 5.92. The first-order chi connectivity index (χ1) is 8.56. The second-order valence-corrected chi connectivity index (χ2v) is 5.42. The Labute approximate surface area is 109 Å². The molecule has 0 amide bonds. The van der Waals surface area contributed by atoms with Crippen molar-refractivity contribution in [2.45, 2.75) is 40.2 Å². The van der Waals surface area contributed by atoms with Gasteiger partial charge in [0.05, 0.1) is 0 Å². The molecule has 1 heterocycles. The number of aryl methyl sites for hydroxylation is 1. The molecule has 1 aromatic heterocycles. The first-order valence-corrected chi connectivity index (χ1v) is 6.82. The van der Waals surface area contributed by atoms with Gasteiger partial charge in [0, 0.05) is 23.4 Å². The van der Waals surface area contributed by atoms with Crippen LogP contribution in [0.2, 0.25) is 0 Å². The molecule has 0 aliphatic rings. The molecule has 98 valence electrons. The third-order valence-corrected chi connectivity index (χ3v) is 3.98. The van der Waals surface area contributed by atoms with Crippen LogP contribution in [0, 0.1) is 11.8 Å². The van der Waals surface area contributed by atoms with E-state index in [1.54, 1.807) is 0 Å². The minimum atomic E-state index is 0.0450. The number of benzene rings is 1. The Bertz CT molecular complexity index is 527. The van der Waals surface area contributed by atoms with Crippen LogP contribution in [0.4, 0.5) is 0 Å². The van der Waals surface area contributed by atoms with Gasteiger partial charge in [-0.3, -0.25) is 0 Å². The quantitative estimate of drug-likeness (QED) is 0.872. The number of para-hydroxylation sites is 1. The van der Waals surface area contributed by atoms with Gasteiger partial charge in [-0.25, -0.2) is 0 Å². The van der Waals surface area contributed by atoms with Crippen molar-refractivity contribution in [2.24, 2.45) is 17.6 Å². The molecule has 0 saturated carbocycles. The summed E-state index contributed by atoms with van der Waals surface area (Å²) in [5.74, 6) is 2.05. The molecule has 0 aliphatic heterocycles.